The average molecular weight is 553 g/mol. The molecule has 37 heavy (non-hydrogen) atoms. The van der Waals surface area contributed by atoms with Crippen LogP contribution in [-0.4, -0.2) is 5.91 Å². The van der Waals surface area contributed by atoms with Crippen molar-refractivity contribution >= 4 is 33.6 Å². The minimum absolute atomic E-state index is 0.0395. The highest BCUT2D eigenvalue weighted by Crippen LogP contribution is 2.27. The third kappa shape index (κ3) is 7.57. The van der Waals surface area contributed by atoms with Crippen LogP contribution in [-0.2, 0) is 18.0 Å². The summed E-state index contributed by atoms with van der Waals surface area (Å²) in [5, 5.41) is 12.5. The number of benzene rings is 4. The molecular formula is C31H25BrN2O3. The van der Waals surface area contributed by atoms with Crippen molar-refractivity contribution < 1.29 is 14.3 Å². The molecule has 0 radical (unpaired) electrons. The van der Waals surface area contributed by atoms with Gasteiger partial charge in [0.15, 0.2) is 0 Å². The van der Waals surface area contributed by atoms with Crippen LogP contribution in [0, 0.1) is 18.3 Å². The normalized spacial score (nSPS) is 10.9. The number of anilines is 1. The molecular weight excluding hydrogens is 528 g/mol. The van der Waals surface area contributed by atoms with E-state index in [2.05, 4.69) is 21.2 Å². The Morgan fingerprint density at radius 1 is 0.892 bits per heavy atom. The number of halogens is 1. The first kappa shape index (κ1) is 25.7. The molecule has 4 rings (SSSR count). The second-order valence-corrected chi connectivity index (χ2v) is 9.29. The van der Waals surface area contributed by atoms with Crippen LogP contribution in [0.4, 0.5) is 5.69 Å². The summed E-state index contributed by atoms with van der Waals surface area (Å²) in [6.07, 6.45) is 1.53. The second-order valence-electron chi connectivity index (χ2n) is 8.38. The monoisotopic (exact) mass is 552 g/mol. The molecule has 184 valence electrons. The molecule has 0 saturated carbocycles. The Balaban J connectivity index is 1.41. The number of nitrogens with one attached hydrogen (secondary N) is 1. The van der Waals surface area contributed by atoms with Crippen molar-refractivity contribution in [2.45, 2.75) is 20.1 Å². The van der Waals surface area contributed by atoms with Gasteiger partial charge in [0.05, 0.1) is 0 Å². The van der Waals surface area contributed by atoms with Gasteiger partial charge in [0.25, 0.3) is 5.91 Å². The van der Waals surface area contributed by atoms with Crippen LogP contribution in [0.15, 0.2) is 107 Å². The number of hydrogen-bond acceptors (Lipinski definition) is 4. The number of hydrogen-bond donors (Lipinski definition) is 1. The molecule has 0 atom stereocenters. The number of ether oxygens (including phenoxy) is 2. The van der Waals surface area contributed by atoms with Gasteiger partial charge in [0.2, 0.25) is 0 Å². The van der Waals surface area contributed by atoms with Crippen LogP contribution < -0.4 is 14.8 Å². The van der Waals surface area contributed by atoms with Crippen molar-refractivity contribution in [1.29, 1.82) is 5.26 Å². The highest BCUT2D eigenvalue weighted by molar-refractivity contribution is 9.10. The first-order valence-corrected chi connectivity index (χ1v) is 12.5. The van der Waals surface area contributed by atoms with Crippen molar-refractivity contribution in [1.82, 2.24) is 0 Å². The van der Waals surface area contributed by atoms with Gasteiger partial charge in [-0.05, 0) is 66.6 Å². The fraction of sp³-hybridized carbons (Fsp3) is 0.0968. The van der Waals surface area contributed by atoms with E-state index in [0.29, 0.717) is 36.0 Å². The molecule has 0 saturated heterocycles. The van der Waals surface area contributed by atoms with Gasteiger partial charge in [-0.1, -0.05) is 76.1 Å². The van der Waals surface area contributed by atoms with Gasteiger partial charge in [0, 0.05) is 15.7 Å². The van der Waals surface area contributed by atoms with Gasteiger partial charge in [-0.3, -0.25) is 4.79 Å². The van der Waals surface area contributed by atoms with E-state index in [1.54, 1.807) is 30.3 Å². The molecule has 6 heteroatoms. The molecule has 5 nitrogen and oxygen atoms in total. The molecule has 0 bridgehead atoms. The lowest BCUT2D eigenvalue weighted by atomic mass is 10.1. The Morgan fingerprint density at radius 3 is 2.27 bits per heavy atom. The van der Waals surface area contributed by atoms with Crippen LogP contribution in [0.3, 0.4) is 0 Å². The quantitative estimate of drug-likeness (QED) is 0.173. The zero-order valence-corrected chi connectivity index (χ0v) is 21.9. The predicted octanol–water partition coefficient (Wildman–Crippen LogP) is 7.46. The van der Waals surface area contributed by atoms with E-state index >= 15 is 0 Å². The first-order valence-electron chi connectivity index (χ1n) is 11.7. The highest BCUT2D eigenvalue weighted by atomic mass is 79.9. The summed E-state index contributed by atoms with van der Waals surface area (Å²) in [5.41, 5.74) is 4.43. The van der Waals surface area contributed by atoms with Crippen molar-refractivity contribution in [2.75, 3.05) is 5.32 Å². The molecule has 0 heterocycles. The summed E-state index contributed by atoms with van der Waals surface area (Å²) in [6.45, 7) is 2.87. The minimum atomic E-state index is -0.509. The fourth-order valence-electron chi connectivity index (χ4n) is 3.49. The summed E-state index contributed by atoms with van der Waals surface area (Å²) >= 11 is 3.45. The molecule has 0 spiro atoms. The lowest BCUT2D eigenvalue weighted by Gasteiger charge is -2.11. The maximum atomic E-state index is 12.9. The second kappa shape index (κ2) is 12.6. The number of carbonyl (C=O) groups excluding carboxylic acids is 1. The Bertz CT molecular complexity index is 1420. The molecule has 0 aliphatic carbocycles. The van der Waals surface area contributed by atoms with Crippen molar-refractivity contribution in [3.63, 3.8) is 0 Å². The minimum Gasteiger partial charge on any atom is -0.489 e. The fourth-order valence-corrected chi connectivity index (χ4v) is 3.87. The zero-order valence-electron chi connectivity index (χ0n) is 20.3. The Hall–Kier alpha value is -4.34. The molecule has 0 unspecified atom stereocenters. The number of rotatable bonds is 9. The van der Waals surface area contributed by atoms with Gasteiger partial charge >= 0.3 is 0 Å². The lowest BCUT2D eigenvalue weighted by Crippen LogP contribution is -2.13. The van der Waals surface area contributed by atoms with Gasteiger partial charge in [-0.15, -0.1) is 0 Å². The van der Waals surface area contributed by atoms with E-state index < -0.39 is 5.91 Å². The summed E-state index contributed by atoms with van der Waals surface area (Å²) < 4.78 is 12.6. The van der Waals surface area contributed by atoms with E-state index in [1.807, 2.05) is 79.7 Å². The van der Waals surface area contributed by atoms with Crippen molar-refractivity contribution in [3.8, 4) is 17.6 Å². The van der Waals surface area contributed by atoms with Crippen molar-refractivity contribution in [3.05, 3.63) is 129 Å². The smallest absolute Gasteiger partial charge is 0.266 e. The van der Waals surface area contributed by atoms with Gasteiger partial charge in [-0.25, -0.2) is 0 Å². The van der Waals surface area contributed by atoms with Crippen LogP contribution in [0.5, 0.6) is 11.5 Å². The highest BCUT2D eigenvalue weighted by Gasteiger charge is 2.12. The summed E-state index contributed by atoms with van der Waals surface area (Å²) in [4.78, 5) is 12.9. The van der Waals surface area contributed by atoms with Crippen LogP contribution in [0.2, 0.25) is 0 Å². The Labute approximate surface area is 225 Å². The molecule has 1 amide bonds. The van der Waals surface area contributed by atoms with Gasteiger partial charge < -0.3 is 14.8 Å². The standard InChI is InChI=1S/C31H25BrN2O3/c1-22-7-9-24(10-8-22)20-36-29-14-12-28(13-15-29)34-31(35)26(19-33)17-25-18-27(32)11-16-30(25)37-21-23-5-3-2-4-6-23/h2-18H,20-21H2,1H3,(H,34,35)/b26-17+. The third-order valence-corrected chi connectivity index (χ3v) is 6.01. The number of nitrogens with zero attached hydrogens (tertiary/aromatic N) is 1. The molecule has 4 aromatic rings. The van der Waals surface area contributed by atoms with Gasteiger partial charge in [-0.2, -0.15) is 5.26 Å². The maximum absolute atomic E-state index is 12.9. The number of carbonyl (C=O) groups is 1. The number of aryl methyl sites for hydroxylation is 1. The van der Waals surface area contributed by atoms with E-state index in [1.165, 1.54) is 11.6 Å². The molecule has 0 aromatic heterocycles. The molecule has 0 fully saturated rings. The van der Waals surface area contributed by atoms with Crippen LogP contribution >= 0.6 is 15.9 Å². The summed E-state index contributed by atoms with van der Waals surface area (Å²) in [6, 6.07) is 32.5. The average Bonchev–Trinajstić information content (AvgIpc) is 2.92. The molecule has 4 aromatic carbocycles. The number of nitriles is 1. The van der Waals surface area contributed by atoms with Crippen molar-refractivity contribution in [2.24, 2.45) is 0 Å². The topological polar surface area (TPSA) is 71.3 Å². The lowest BCUT2D eigenvalue weighted by molar-refractivity contribution is -0.112. The number of amides is 1. The maximum Gasteiger partial charge on any atom is 0.266 e. The van der Waals surface area contributed by atoms with Crippen LogP contribution in [0.25, 0.3) is 6.08 Å². The summed E-state index contributed by atoms with van der Waals surface area (Å²) in [7, 11) is 0. The van der Waals surface area contributed by atoms with E-state index in [9.17, 15) is 10.1 Å². The van der Waals surface area contributed by atoms with Crippen LogP contribution in [0.1, 0.15) is 22.3 Å². The van der Waals surface area contributed by atoms with E-state index in [0.717, 1.165) is 15.6 Å². The third-order valence-electron chi connectivity index (χ3n) is 5.51. The molecule has 0 aliphatic heterocycles. The Kier molecular flexibility index (Phi) is 8.75. The molecule has 1 N–H and O–H groups in total. The Morgan fingerprint density at radius 2 is 1.57 bits per heavy atom. The van der Waals surface area contributed by atoms with E-state index in [-0.39, 0.29) is 5.57 Å². The predicted molar refractivity (Wildman–Crippen MR) is 149 cm³/mol. The zero-order chi connectivity index (χ0) is 26.0. The SMILES string of the molecule is Cc1ccc(COc2ccc(NC(=O)/C(C#N)=C/c3cc(Br)ccc3OCc3ccccc3)cc2)cc1. The van der Waals surface area contributed by atoms with E-state index in [4.69, 9.17) is 9.47 Å². The first-order chi connectivity index (χ1) is 18.0. The van der Waals surface area contributed by atoms with Gasteiger partial charge in [0.1, 0.15) is 36.4 Å². The molecule has 0 aliphatic rings. The largest absolute Gasteiger partial charge is 0.489 e. The summed E-state index contributed by atoms with van der Waals surface area (Å²) in [5.74, 6) is 0.747.